The Morgan fingerprint density at radius 1 is 1.47 bits per heavy atom. The minimum atomic E-state index is 0.738. The standard InChI is InChI=1S/C11H21NO.C2H6/c1-4-13-11(3)9-12-7-5-6-10(2)8-12;1-2/h10H,3-9H2,1-2H3;1-2H3. The van der Waals surface area contributed by atoms with E-state index in [1.165, 1.54) is 25.9 Å². The molecule has 1 heterocycles. The molecular formula is C13H27NO. The number of hydrogen-bond acceptors (Lipinski definition) is 2. The van der Waals surface area contributed by atoms with Crippen LogP contribution in [0.3, 0.4) is 0 Å². The summed E-state index contributed by atoms with van der Waals surface area (Å²) in [5, 5.41) is 0. The molecule has 1 saturated heterocycles. The number of hydrogen-bond donors (Lipinski definition) is 0. The average molecular weight is 213 g/mol. The monoisotopic (exact) mass is 213 g/mol. The van der Waals surface area contributed by atoms with Crippen molar-refractivity contribution in [3.63, 3.8) is 0 Å². The van der Waals surface area contributed by atoms with Crippen LogP contribution in [-0.2, 0) is 4.74 Å². The van der Waals surface area contributed by atoms with Gasteiger partial charge in [-0.05, 0) is 32.2 Å². The lowest BCUT2D eigenvalue weighted by Gasteiger charge is -2.30. The van der Waals surface area contributed by atoms with Crippen molar-refractivity contribution < 1.29 is 4.74 Å². The predicted molar refractivity (Wildman–Crippen MR) is 67.0 cm³/mol. The van der Waals surface area contributed by atoms with Gasteiger partial charge in [-0.3, -0.25) is 4.90 Å². The largest absolute Gasteiger partial charge is 0.497 e. The van der Waals surface area contributed by atoms with E-state index >= 15 is 0 Å². The van der Waals surface area contributed by atoms with Crippen molar-refractivity contribution in [3.05, 3.63) is 12.3 Å². The average Bonchev–Trinajstić information content (AvgIpc) is 2.21. The molecule has 0 spiro atoms. The molecule has 2 nitrogen and oxygen atoms in total. The Morgan fingerprint density at radius 2 is 2.13 bits per heavy atom. The van der Waals surface area contributed by atoms with Gasteiger partial charge < -0.3 is 4.74 Å². The Morgan fingerprint density at radius 3 is 2.67 bits per heavy atom. The van der Waals surface area contributed by atoms with Gasteiger partial charge in [-0.25, -0.2) is 0 Å². The van der Waals surface area contributed by atoms with Crippen LogP contribution in [0.25, 0.3) is 0 Å². The molecule has 0 saturated carbocycles. The van der Waals surface area contributed by atoms with Gasteiger partial charge in [0.15, 0.2) is 0 Å². The number of likely N-dealkylation sites (tertiary alicyclic amines) is 1. The van der Waals surface area contributed by atoms with Gasteiger partial charge in [0.1, 0.15) is 5.76 Å². The first-order chi connectivity index (χ1) is 7.22. The van der Waals surface area contributed by atoms with E-state index in [-0.39, 0.29) is 0 Å². The molecule has 0 aliphatic carbocycles. The van der Waals surface area contributed by atoms with Crippen LogP contribution >= 0.6 is 0 Å². The van der Waals surface area contributed by atoms with E-state index in [2.05, 4.69) is 18.4 Å². The maximum Gasteiger partial charge on any atom is 0.103 e. The normalized spacial score (nSPS) is 21.5. The van der Waals surface area contributed by atoms with Gasteiger partial charge in [-0.15, -0.1) is 0 Å². The van der Waals surface area contributed by atoms with Crippen molar-refractivity contribution in [1.29, 1.82) is 0 Å². The first-order valence-electron chi connectivity index (χ1n) is 6.25. The van der Waals surface area contributed by atoms with Crippen LogP contribution in [0.4, 0.5) is 0 Å². The molecule has 0 aromatic carbocycles. The third kappa shape index (κ3) is 6.56. The second kappa shape index (κ2) is 8.78. The molecule has 1 rings (SSSR count). The van der Waals surface area contributed by atoms with Crippen molar-refractivity contribution in [2.45, 2.75) is 40.5 Å². The molecule has 2 heteroatoms. The molecule has 0 amide bonds. The molecule has 1 aliphatic rings. The fraction of sp³-hybridized carbons (Fsp3) is 0.846. The SMILES string of the molecule is C=C(CN1CCCC(C)C1)OCC.CC. The molecule has 15 heavy (non-hydrogen) atoms. The summed E-state index contributed by atoms with van der Waals surface area (Å²) >= 11 is 0. The predicted octanol–water partition coefficient (Wildman–Crippen LogP) is 3.29. The summed E-state index contributed by atoms with van der Waals surface area (Å²) < 4.78 is 5.34. The molecule has 1 fully saturated rings. The Hall–Kier alpha value is -0.500. The Balaban J connectivity index is 0.000000921. The molecule has 0 N–H and O–H groups in total. The zero-order valence-corrected chi connectivity index (χ0v) is 10.9. The van der Waals surface area contributed by atoms with Crippen LogP contribution in [0.2, 0.25) is 0 Å². The number of piperidine rings is 1. The van der Waals surface area contributed by atoms with Crippen molar-refractivity contribution >= 4 is 0 Å². The molecule has 1 atom stereocenters. The van der Waals surface area contributed by atoms with E-state index in [0.717, 1.165) is 24.8 Å². The second-order valence-electron chi connectivity index (χ2n) is 3.95. The summed E-state index contributed by atoms with van der Waals surface area (Å²) in [7, 11) is 0. The van der Waals surface area contributed by atoms with Crippen molar-refractivity contribution in [1.82, 2.24) is 4.90 Å². The smallest absolute Gasteiger partial charge is 0.103 e. The zero-order valence-electron chi connectivity index (χ0n) is 10.9. The van der Waals surface area contributed by atoms with Crippen molar-refractivity contribution in [2.24, 2.45) is 5.92 Å². The van der Waals surface area contributed by atoms with Gasteiger partial charge in [0.25, 0.3) is 0 Å². The highest BCUT2D eigenvalue weighted by atomic mass is 16.5. The van der Waals surface area contributed by atoms with Gasteiger partial charge in [-0.2, -0.15) is 0 Å². The topological polar surface area (TPSA) is 12.5 Å². The van der Waals surface area contributed by atoms with Crippen LogP contribution in [0.5, 0.6) is 0 Å². The van der Waals surface area contributed by atoms with E-state index in [1.54, 1.807) is 0 Å². The summed E-state index contributed by atoms with van der Waals surface area (Å²) in [4.78, 5) is 2.44. The van der Waals surface area contributed by atoms with Crippen LogP contribution in [0, 0.1) is 5.92 Å². The molecule has 90 valence electrons. The molecular weight excluding hydrogens is 186 g/mol. The Bertz CT molecular complexity index is 168. The Labute approximate surface area is 95.3 Å². The van der Waals surface area contributed by atoms with Crippen molar-refractivity contribution in [2.75, 3.05) is 26.2 Å². The lowest BCUT2D eigenvalue weighted by atomic mass is 10.0. The van der Waals surface area contributed by atoms with Gasteiger partial charge in [-0.1, -0.05) is 27.4 Å². The molecule has 0 aromatic rings. The van der Waals surface area contributed by atoms with E-state index in [0.29, 0.717) is 0 Å². The lowest BCUT2D eigenvalue weighted by Crippen LogP contribution is -2.35. The summed E-state index contributed by atoms with van der Waals surface area (Å²) in [6.07, 6.45) is 2.69. The first kappa shape index (κ1) is 14.5. The Kier molecular flexibility index (Phi) is 8.49. The van der Waals surface area contributed by atoms with E-state index in [1.807, 2.05) is 20.8 Å². The minimum Gasteiger partial charge on any atom is -0.497 e. The summed E-state index contributed by atoms with van der Waals surface area (Å²) in [6.45, 7) is 16.3. The van der Waals surface area contributed by atoms with Crippen molar-refractivity contribution in [3.8, 4) is 0 Å². The van der Waals surface area contributed by atoms with Crippen LogP contribution in [0.1, 0.15) is 40.5 Å². The number of nitrogens with zero attached hydrogens (tertiary/aromatic N) is 1. The van der Waals surface area contributed by atoms with Gasteiger partial charge in [0.2, 0.25) is 0 Å². The lowest BCUT2D eigenvalue weighted by molar-refractivity contribution is 0.147. The number of rotatable bonds is 4. The highest BCUT2D eigenvalue weighted by molar-refractivity contribution is 4.88. The highest BCUT2D eigenvalue weighted by Crippen LogP contribution is 2.16. The molecule has 0 aromatic heterocycles. The molecule has 0 radical (unpaired) electrons. The van der Waals surface area contributed by atoms with Crippen LogP contribution < -0.4 is 0 Å². The third-order valence-corrected chi connectivity index (χ3v) is 2.49. The van der Waals surface area contributed by atoms with E-state index in [9.17, 15) is 0 Å². The van der Waals surface area contributed by atoms with Gasteiger partial charge in [0, 0.05) is 6.54 Å². The third-order valence-electron chi connectivity index (χ3n) is 2.49. The van der Waals surface area contributed by atoms with Gasteiger partial charge in [0.05, 0.1) is 13.2 Å². The van der Waals surface area contributed by atoms with E-state index in [4.69, 9.17) is 4.74 Å². The fourth-order valence-corrected chi connectivity index (χ4v) is 1.93. The first-order valence-corrected chi connectivity index (χ1v) is 6.25. The molecule has 1 aliphatic heterocycles. The maximum absolute atomic E-state index is 5.34. The maximum atomic E-state index is 5.34. The minimum absolute atomic E-state index is 0.738. The second-order valence-corrected chi connectivity index (χ2v) is 3.95. The highest BCUT2D eigenvalue weighted by Gasteiger charge is 2.16. The van der Waals surface area contributed by atoms with E-state index < -0.39 is 0 Å². The summed E-state index contributed by atoms with van der Waals surface area (Å²) in [5.74, 6) is 1.75. The quantitative estimate of drug-likeness (QED) is 0.664. The summed E-state index contributed by atoms with van der Waals surface area (Å²) in [6, 6.07) is 0. The van der Waals surface area contributed by atoms with Crippen LogP contribution in [0.15, 0.2) is 12.3 Å². The molecule has 0 bridgehead atoms. The fourth-order valence-electron chi connectivity index (χ4n) is 1.93. The van der Waals surface area contributed by atoms with Gasteiger partial charge >= 0.3 is 0 Å². The zero-order chi connectivity index (χ0) is 11.7. The molecule has 1 unspecified atom stereocenters. The number of ether oxygens (including phenoxy) is 1. The van der Waals surface area contributed by atoms with Crippen LogP contribution in [-0.4, -0.2) is 31.1 Å². The summed E-state index contributed by atoms with van der Waals surface area (Å²) in [5.41, 5.74) is 0.